The number of esters is 1. The molecule has 0 bridgehead atoms. The summed E-state index contributed by atoms with van der Waals surface area (Å²) in [5.41, 5.74) is 0.365. The standard InChI is InChI=1S/C15H14F2N2O3S/c1-7(2)22-14(21)12-8(3)18-15(23-12)19-13(20)9-4-5-10(16)11(17)6-9/h4-7H,1-3H3,(H,18,19,20). The number of nitrogens with zero attached hydrogens (tertiary/aromatic N) is 1. The van der Waals surface area contributed by atoms with Crippen LogP contribution in [-0.4, -0.2) is 23.0 Å². The number of anilines is 1. The molecule has 0 radical (unpaired) electrons. The number of carbonyl (C=O) groups is 2. The number of rotatable bonds is 4. The average molecular weight is 340 g/mol. The molecule has 5 nitrogen and oxygen atoms in total. The Kier molecular flexibility index (Phi) is 5.05. The first-order chi connectivity index (χ1) is 10.8. The van der Waals surface area contributed by atoms with Crippen LogP contribution in [0.4, 0.5) is 13.9 Å². The van der Waals surface area contributed by atoms with E-state index in [2.05, 4.69) is 10.3 Å². The molecule has 0 spiro atoms. The lowest BCUT2D eigenvalue weighted by atomic mass is 10.2. The topological polar surface area (TPSA) is 68.3 Å². The van der Waals surface area contributed by atoms with Gasteiger partial charge in [-0.25, -0.2) is 18.6 Å². The predicted molar refractivity (Wildman–Crippen MR) is 81.7 cm³/mol. The summed E-state index contributed by atoms with van der Waals surface area (Å²) < 4.78 is 31.1. The van der Waals surface area contributed by atoms with Gasteiger partial charge in [-0.15, -0.1) is 0 Å². The quantitative estimate of drug-likeness (QED) is 0.864. The summed E-state index contributed by atoms with van der Waals surface area (Å²) >= 11 is 0.955. The summed E-state index contributed by atoms with van der Waals surface area (Å²) in [7, 11) is 0. The Morgan fingerprint density at radius 3 is 2.57 bits per heavy atom. The minimum absolute atomic E-state index is 0.0527. The number of hydrogen-bond donors (Lipinski definition) is 1. The van der Waals surface area contributed by atoms with E-state index in [0.717, 1.165) is 29.5 Å². The third-order valence-electron chi connectivity index (χ3n) is 2.73. The zero-order chi connectivity index (χ0) is 17.1. The van der Waals surface area contributed by atoms with E-state index in [1.807, 2.05) is 0 Å². The largest absolute Gasteiger partial charge is 0.459 e. The molecule has 0 unspecified atom stereocenters. The number of hydrogen-bond acceptors (Lipinski definition) is 5. The molecule has 1 amide bonds. The first-order valence-corrected chi connectivity index (χ1v) is 7.54. The van der Waals surface area contributed by atoms with E-state index in [1.54, 1.807) is 20.8 Å². The Morgan fingerprint density at radius 2 is 1.96 bits per heavy atom. The highest BCUT2D eigenvalue weighted by molar-refractivity contribution is 7.17. The number of amides is 1. The van der Waals surface area contributed by atoms with E-state index >= 15 is 0 Å². The van der Waals surface area contributed by atoms with Crippen LogP contribution in [-0.2, 0) is 4.74 Å². The van der Waals surface area contributed by atoms with Gasteiger partial charge in [-0.05, 0) is 39.0 Å². The van der Waals surface area contributed by atoms with Gasteiger partial charge < -0.3 is 4.74 Å². The van der Waals surface area contributed by atoms with Crippen molar-refractivity contribution in [3.8, 4) is 0 Å². The maximum Gasteiger partial charge on any atom is 0.350 e. The maximum absolute atomic E-state index is 13.1. The van der Waals surface area contributed by atoms with Gasteiger partial charge in [-0.2, -0.15) is 0 Å². The third-order valence-corrected chi connectivity index (χ3v) is 3.78. The van der Waals surface area contributed by atoms with Gasteiger partial charge >= 0.3 is 5.97 Å². The molecule has 2 aromatic rings. The first kappa shape index (κ1) is 17.0. The number of carbonyl (C=O) groups excluding carboxylic acids is 2. The molecule has 0 aliphatic carbocycles. The number of thiazole rings is 1. The average Bonchev–Trinajstić information content (AvgIpc) is 2.81. The second kappa shape index (κ2) is 6.82. The van der Waals surface area contributed by atoms with Gasteiger partial charge in [0, 0.05) is 5.56 Å². The molecule has 1 aromatic carbocycles. The Morgan fingerprint density at radius 1 is 1.26 bits per heavy atom. The number of nitrogens with one attached hydrogen (secondary N) is 1. The van der Waals surface area contributed by atoms with E-state index in [0.29, 0.717) is 5.69 Å². The van der Waals surface area contributed by atoms with Crippen LogP contribution in [0.5, 0.6) is 0 Å². The minimum atomic E-state index is -1.12. The molecule has 1 aromatic heterocycles. The second-order valence-corrected chi connectivity index (χ2v) is 5.97. The number of aromatic nitrogens is 1. The van der Waals surface area contributed by atoms with Gasteiger partial charge in [-0.3, -0.25) is 10.1 Å². The maximum atomic E-state index is 13.1. The Bertz CT molecular complexity index is 759. The van der Waals surface area contributed by atoms with E-state index in [9.17, 15) is 18.4 Å². The lowest BCUT2D eigenvalue weighted by Gasteiger charge is -2.05. The van der Waals surface area contributed by atoms with Crippen LogP contribution >= 0.6 is 11.3 Å². The monoisotopic (exact) mass is 340 g/mol. The fourth-order valence-corrected chi connectivity index (χ4v) is 2.56. The number of benzene rings is 1. The fourth-order valence-electron chi connectivity index (χ4n) is 1.71. The second-order valence-electron chi connectivity index (χ2n) is 4.97. The zero-order valence-electron chi connectivity index (χ0n) is 12.6. The molecule has 0 aliphatic heterocycles. The molecule has 0 saturated carbocycles. The summed E-state index contributed by atoms with van der Waals surface area (Å²) in [6, 6.07) is 2.81. The van der Waals surface area contributed by atoms with Crippen molar-refractivity contribution in [3.05, 3.63) is 46.0 Å². The van der Waals surface area contributed by atoms with Crippen LogP contribution in [0, 0.1) is 18.6 Å². The van der Waals surface area contributed by atoms with Crippen molar-refractivity contribution in [3.63, 3.8) is 0 Å². The molecule has 122 valence electrons. The Hall–Kier alpha value is -2.35. The van der Waals surface area contributed by atoms with Gasteiger partial charge in [0.1, 0.15) is 4.88 Å². The summed E-state index contributed by atoms with van der Waals surface area (Å²) in [5.74, 6) is -3.33. The van der Waals surface area contributed by atoms with E-state index in [1.165, 1.54) is 0 Å². The summed E-state index contributed by atoms with van der Waals surface area (Å²) in [6.07, 6.45) is -0.274. The third kappa shape index (κ3) is 4.10. The molecule has 2 rings (SSSR count). The highest BCUT2D eigenvalue weighted by Crippen LogP contribution is 2.24. The van der Waals surface area contributed by atoms with Gasteiger partial charge in [0.15, 0.2) is 16.8 Å². The summed E-state index contributed by atoms with van der Waals surface area (Å²) in [6.45, 7) is 5.06. The number of halogens is 2. The molecular formula is C15H14F2N2O3S. The minimum Gasteiger partial charge on any atom is -0.459 e. The predicted octanol–water partition coefficient (Wildman–Crippen LogP) is 3.55. The molecule has 1 heterocycles. The van der Waals surface area contributed by atoms with Gasteiger partial charge in [0.25, 0.3) is 5.91 Å². The van der Waals surface area contributed by atoms with Gasteiger partial charge in [0.2, 0.25) is 0 Å². The normalized spacial score (nSPS) is 10.7. The fraction of sp³-hybridized carbons (Fsp3) is 0.267. The molecule has 8 heteroatoms. The lowest BCUT2D eigenvalue weighted by Crippen LogP contribution is -2.12. The highest BCUT2D eigenvalue weighted by atomic mass is 32.1. The number of aryl methyl sites for hydroxylation is 1. The summed E-state index contributed by atoms with van der Waals surface area (Å²) in [5, 5.41) is 2.62. The van der Waals surface area contributed by atoms with Crippen molar-refractivity contribution < 1.29 is 23.1 Å². The van der Waals surface area contributed by atoms with E-state index < -0.39 is 23.5 Å². The molecule has 0 saturated heterocycles. The van der Waals surface area contributed by atoms with Crippen LogP contribution in [0.15, 0.2) is 18.2 Å². The van der Waals surface area contributed by atoms with Crippen LogP contribution in [0.3, 0.4) is 0 Å². The van der Waals surface area contributed by atoms with Crippen molar-refractivity contribution in [1.29, 1.82) is 0 Å². The lowest BCUT2D eigenvalue weighted by molar-refractivity contribution is 0.0382. The molecular weight excluding hydrogens is 326 g/mol. The zero-order valence-corrected chi connectivity index (χ0v) is 13.5. The smallest absolute Gasteiger partial charge is 0.350 e. The molecule has 0 aliphatic rings. The van der Waals surface area contributed by atoms with Gasteiger partial charge in [0.05, 0.1) is 11.8 Å². The van der Waals surface area contributed by atoms with Crippen LogP contribution in [0.2, 0.25) is 0 Å². The van der Waals surface area contributed by atoms with Crippen molar-refractivity contribution in [2.45, 2.75) is 26.9 Å². The van der Waals surface area contributed by atoms with Gasteiger partial charge in [-0.1, -0.05) is 11.3 Å². The van der Waals surface area contributed by atoms with E-state index in [4.69, 9.17) is 4.74 Å². The van der Waals surface area contributed by atoms with Crippen LogP contribution in [0.1, 0.15) is 39.6 Å². The first-order valence-electron chi connectivity index (χ1n) is 6.72. The van der Waals surface area contributed by atoms with Crippen LogP contribution < -0.4 is 5.32 Å². The SMILES string of the molecule is Cc1nc(NC(=O)c2ccc(F)c(F)c2)sc1C(=O)OC(C)C. The molecule has 0 fully saturated rings. The highest BCUT2D eigenvalue weighted by Gasteiger charge is 2.19. The summed E-state index contributed by atoms with van der Waals surface area (Å²) in [4.78, 5) is 28.2. The number of ether oxygens (including phenoxy) is 1. The molecule has 23 heavy (non-hydrogen) atoms. The van der Waals surface area contributed by atoms with E-state index in [-0.39, 0.29) is 21.7 Å². The molecule has 1 N–H and O–H groups in total. The van der Waals surface area contributed by atoms with Crippen molar-refractivity contribution in [2.75, 3.05) is 5.32 Å². The Balaban J connectivity index is 2.15. The van der Waals surface area contributed by atoms with Crippen molar-refractivity contribution >= 4 is 28.3 Å². The Labute approximate surface area is 135 Å². The molecule has 0 atom stereocenters. The van der Waals surface area contributed by atoms with Crippen LogP contribution in [0.25, 0.3) is 0 Å². The van der Waals surface area contributed by atoms with Crippen molar-refractivity contribution in [2.24, 2.45) is 0 Å². The van der Waals surface area contributed by atoms with Crippen molar-refractivity contribution in [1.82, 2.24) is 4.98 Å².